The number of imidazole rings is 1. The van der Waals surface area contributed by atoms with E-state index in [0.29, 0.717) is 23.6 Å². The van der Waals surface area contributed by atoms with Gasteiger partial charge in [-0.2, -0.15) is 0 Å². The predicted octanol–water partition coefficient (Wildman–Crippen LogP) is 2.39. The van der Waals surface area contributed by atoms with Gasteiger partial charge in [-0.15, -0.1) is 11.6 Å². The van der Waals surface area contributed by atoms with Gasteiger partial charge in [-0.3, -0.25) is 0 Å². The first-order chi connectivity index (χ1) is 9.48. The molecule has 0 bridgehead atoms. The highest BCUT2D eigenvalue weighted by Gasteiger charge is 2.15. The lowest BCUT2D eigenvalue weighted by atomic mass is 10.3. The summed E-state index contributed by atoms with van der Waals surface area (Å²) in [4.78, 5) is 4.24. The van der Waals surface area contributed by atoms with Gasteiger partial charge in [0.1, 0.15) is 11.3 Å². The number of alkyl halides is 1. The van der Waals surface area contributed by atoms with Crippen LogP contribution in [0.5, 0.6) is 0 Å². The predicted molar refractivity (Wildman–Crippen MR) is 78.4 cm³/mol. The Bertz CT molecular complexity index is 712. The fraction of sp³-hybridized carbons (Fsp3) is 0.462. The number of fused-ring (bicyclic) bond motifs is 1. The van der Waals surface area contributed by atoms with Crippen LogP contribution in [0.1, 0.15) is 12.7 Å². The van der Waals surface area contributed by atoms with Gasteiger partial charge in [0.15, 0.2) is 15.7 Å². The highest BCUT2D eigenvalue weighted by Crippen LogP contribution is 2.20. The van der Waals surface area contributed by atoms with E-state index >= 15 is 0 Å². The Labute approximate surface area is 122 Å². The van der Waals surface area contributed by atoms with E-state index in [0.717, 1.165) is 0 Å². The average Bonchev–Trinajstić information content (AvgIpc) is 2.76. The number of para-hydroxylation sites is 1. The molecule has 1 aromatic heterocycles. The minimum absolute atomic E-state index is 0.0146. The molecule has 4 nitrogen and oxygen atoms in total. The Balaban J connectivity index is 2.44. The molecule has 0 fully saturated rings. The smallest absolute Gasteiger partial charge is 0.151 e. The summed E-state index contributed by atoms with van der Waals surface area (Å²) in [7, 11) is -3.08. The number of aryl methyl sites for hydroxylation is 2. The maximum Gasteiger partial charge on any atom is 0.151 e. The van der Waals surface area contributed by atoms with Gasteiger partial charge in [-0.1, -0.05) is 13.0 Å². The number of aromatic nitrogens is 2. The van der Waals surface area contributed by atoms with Crippen LogP contribution in [0.25, 0.3) is 11.0 Å². The molecule has 0 aliphatic heterocycles. The first kappa shape index (κ1) is 15.3. The normalized spacial score (nSPS) is 12.2. The highest BCUT2D eigenvalue weighted by atomic mass is 35.5. The summed E-state index contributed by atoms with van der Waals surface area (Å²) in [5, 5.41) is 0. The summed E-state index contributed by atoms with van der Waals surface area (Å²) >= 11 is 5.73. The van der Waals surface area contributed by atoms with Crippen LogP contribution in [0.4, 0.5) is 4.39 Å². The highest BCUT2D eigenvalue weighted by molar-refractivity contribution is 7.91. The van der Waals surface area contributed by atoms with Crippen LogP contribution in [0, 0.1) is 5.82 Å². The molecular weight excluding hydrogens is 303 g/mol. The van der Waals surface area contributed by atoms with E-state index in [4.69, 9.17) is 11.6 Å². The molecular formula is C13H16ClFN2O2S. The largest absolute Gasteiger partial charge is 0.327 e. The number of hydrogen-bond donors (Lipinski definition) is 0. The summed E-state index contributed by atoms with van der Waals surface area (Å²) in [6, 6.07) is 4.67. The van der Waals surface area contributed by atoms with E-state index in [-0.39, 0.29) is 23.6 Å². The molecule has 0 atom stereocenters. The van der Waals surface area contributed by atoms with Crippen molar-refractivity contribution in [1.82, 2.24) is 9.55 Å². The van der Waals surface area contributed by atoms with Crippen molar-refractivity contribution in [1.29, 1.82) is 0 Å². The fourth-order valence-corrected chi connectivity index (χ4v) is 2.98. The molecule has 1 aromatic carbocycles. The first-order valence-corrected chi connectivity index (χ1v) is 8.74. The molecule has 110 valence electrons. The third-order valence-electron chi connectivity index (χ3n) is 3.19. The van der Waals surface area contributed by atoms with Crippen LogP contribution in [-0.2, 0) is 22.8 Å². The zero-order valence-corrected chi connectivity index (χ0v) is 12.7. The molecule has 1 heterocycles. The second kappa shape index (κ2) is 6.10. The van der Waals surface area contributed by atoms with Crippen molar-refractivity contribution in [3.63, 3.8) is 0 Å². The first-order valence-electron chi connectivity index (χ1n) is 6.38. The molecule has 0 saturated carbocycles. The molecule has 0 amide bonds. The summed E-state index contributed by atoms with van der Waals surface area (Å²) in [6.45, 7) is 1.88. The number of rotatable bonds is 6. The summed E-state index contributed by atoms with van der Waals surface area (Å²) in [5.74, 6) is 0.673. The Morgan fingerprint density at radius 3 is 2.80 bits per heavy atom. The molecule has 0 radical (unpaired) electrons. The molecule has 0 N–H and O–H groups in total. The van der Waals surface area contributed by atoms with Crippen LogP contribution in [-0.4, -0.2) is 35.4 Å². The van der Waals surface area contributed by atoms with Gasteiger partial charge in [-0.05, 0) is 12.1 Å². The molecule has 2 aromatic rings. The molecule has 7 heteroatoms. The van der Waals surface area contributed by atoms with Crippen LogP contribution in [0.2, 0.25) is 0 Å². The lowest BCUT2D eigenvalue weighted by molar-refractivity contribution is 0.589. The topological polar surface area (TPSA) is 52.0 Å². The molecule has 0 aliphatic carbocycles. The van der Waals surface area contributed by atoms with E-state index in [9.17, 15) is 12.8 Å². The maximum absolute atomic E-state index is 13.7. The van der Waals surface area contributed by atoms with E-state index < -0.39 is 15.7 Å². The standard InChI is InChI=1S/C13H16ClFN2O2S/c1-2-20(18,19)9-8-17-11-5-3-4-10(15)13(11)16-12(17)6-7-14/h3-5H,2,6-9H2,1H3. The van der Waals surface area contributed by atoms with Gasteiger partial charge in [0.25, 0.3) is 0 Å². The van der Waals surface area contributed by atoms with E-state index in [2.05, 4.69) is 4.98 Å². The van der Waals surface area contributed by atoms with Crippen molar-refractivity contribution in [3.8, 4) is 0 Å². The number of sulfone groups is 1. The zero-order valence-electron chi connectivity index (χ0n) is 11.1. The quantitative estimate of drug-likeness (QED) is 0.768. The maximum atomic E-state index is 13.7. The minimum atomic E-state index is -3.08. The van der Waals surface area contributed by atoms with Crippen LogP contribution >= 0.6 is 11.6 Å². The van der Waals surface area contributed by atoms with Crippen molar-refractivity contribution in [2.45, 2.75) is 19.9 Å². The number of benzene rings is 1. The lowest BCUT2D eigenvalue weighted by Crippen LogP contribution is -2.16. The van der Waals surface area contributed by atoms with E-state index in [1.54, 1.807) is 23.6 Å². The Morgan fingerprint density at radius 2 is 2.15 bits per heavy atom. The van der Waals surface area contributed by atoms with Crippen LogP contribution in [0.15, 0.2) is 18.2 Å². The van der Waals surface area contributed by atoms with Crippen molar-refractivity contribution >= 4 is 32.5 Å². The van der Waals surface area contributed by atoms with Crippen molar-refractivity contribution in [2.75, 3.05) is 17.4 Å². The molecule has 20 heavy (non-hydrogen) atoms. The summed E-state index contributed by atoms with van der Waals surface area (Å²) < 4.78 is 38.7. The monoisotopic (exact) mass is 318 g/mol. The SMILES string of the molecule is CCS(=O)(=O)CCn1c(CCCl)nc2c(F)cccc21. The van der Waals surface area contributed by atoms with Gasteiger partial charge < -0.3 is 4.57 Å². The molecule has 0 saturated heterocycles. The Morgan fingerprint density at radius 1 is 1.40 bits per heavy atom. The number of halogens is 2. The molecule has 0 spiro atoms. The van der Waals surface area contributed by atoms with Crippen molar-refractivity contribution < 1.29 is 12.8 Å². The van der Waals surface area contributed by atoms with E-state index in [1.165, 1.54) is 6.07 Å². The number of nitrogens with zero attached hydrogens (tertiary/aromatic N) is 2. The zero-order chi connectivity index (χ0) is 14.8. The van der Waals surface area contributed by atoms with Crippen LogP contribution < -0.4 is 0 Å². The van der Waals surface area contributed by atoms with Gasteiger partial charge in [0, 0.05) is 24.6 Å². The van der Waals surface area contributed by atoms with Crippen LogP contribution in [0.3, 0.4) is 0 Å². The summed E-state index contributed by atoms with van der Waals surface area (Å²) in [6.07, 6.45) is 0.474. The van der Waals surface area contributed by atoms with Gasteiger partial charge in [0.05, 0.1) is 11.3 Å². The third-order valence-corrected chi connectivity index (χ3v) is 5.07. The fourth-order valence-electron chi connectivity index (χ4n) is 2.06. The Hall–Kier alpha value is -1.14. The van der Waals surface area contributed by atoms with Gasteiger partial charge >= 0.3 is 0 Å². The lowest BCUT2D eigenvalue weighted by Gasteiger charge is -2.08. The van der Waals surface area contributed by atoms with Gasteiger partial charge in [-0.25, -0.2) is 17.8 Å². The molecule has 2 rings (SSSR count). The second-order valence-corrected chi connectivity index (χ2v) is 7.31. The van der Waals surface area contributed by atoms with Crippen molar-refractivity contribution in [2.24, 2.45) is 0 Å². The van der Waals surface area contributed by atoms with Gasteiger partial charge in [0.2, 0.25) is 0 Å². The number of hydrogen-bond acceptors (Lipinski definition) is 3. The second-order valence-electron chi connectivity index (χ2n) is 4.46. The van der Waals surface area contributed by atoms with E-state index in [1.807, 2.05) is 0 Å². The molecule has 0 unspecified atom stereocenters. The summed E-state index contributed by atoms with van der Waals surface area (Å²) in [5.41, 5.74) is 0.873. The Kier molecular flexibility index (Phi) is 4.65. The molecule has 0 aliphatic rings. The van der Waals surface area contributed by atoms with Crippen molar-refractivity contribution in [3.05, 3.63) is 29.8 Å². The third kappa shape index (κ3) is 3.12. The average molecular weight is 319 g/mol. The minimum Gasteiger partial charge on any atom is -0.327 e.